The SMILES string of the molecule is CCC1CCCN1CC(N)COC. The van der Waals surface area contributed by atoms with Crippen LogP contribution in [0.2, 0.25) is 0 Å². The highest BCUT2D eigenvalue weighted by molar-refractivity contribution is 4.80. The molecule has 0 aliphatic carbocycles. The molecule has 2 unspecified atom stereocenters. The molecular weight excluding hydrogens is 164 g/mol. The van der Waals surface area contributed by atoms with E-state index in [1.807, 2.05) is 0 Å². The van der Waals surface area contributed by atoms with Crippen LogP contribution in [0.15, 0.2) is 0 Å². The molecule has 78 valence electrons. The number of ether oxygens (including phenoxy) is 1. The molecule has 13 heavy (non-hydrogen) atoms. The van der Waals surface area contributed by atoms with Gasteiger partial charge in [-0.15, -0.1) is 0 Å². The molecule has 1 saturated heterocycles. The van der Waals surface area contributed by atoms with E-state index >= 15 is 0 Å². The maximum absolute atomic E-state index is 5.91. The molecule has 0 amide bonds. The maximum Gasteiger partial charge on any atom is 0.0626 e. The topological polar surface area (TPSA) is 38.5 Å². The summed E-state index contributed by atoms with van der Waals surface area (Å²) in [5, 5.41) is 0. The first-order valence-corrected chi connectivity index (χ1v) is 5.26. The predicted octanol–water partition coefficient (Wildman–Crippen LogP) is 0.835. The van der Waals surface area contributed by atoms with E-state index < -0.39 is 0 Å². The molecule has 0 radical (unpaired) electrons. The molecule has 2 N–H and O–H groups in total. The van der Waals surface area contributed by atoms with Gasteiger partial charge in [0.15, 0.2) is 0 Å². The molecule has 0 aromatic rings. The smallest absolute Gasteiger partial charge is 0.0626 e. The Morgan fingerprint density at radius 2 is 2.38 bits per heavy atom. The minimum atomic E-state index is 0.178. The highest BCUT2D eigenvalue weighted by Crippen LogP contribution is 2.19. The molecule has 2 atom stereocenters. The van der Waals surface area contributed by atoms with Crippen LogP contribution < -0.4 is 5.73 Å². The van der Waals surface area contributed by atoms with Crippen LogP contribution in [0.1, 0.15) is 26.2 Å². The third-order valence-corrected chi connectivity index (χ3v) is 2.82. The Hall–Kier alpha value is -0.120. The van der Waals surface area contributed by atoms with Gasteiger partial charge in [-0.1, -0.05) is 6.92 Å². The first kappa shape index (κ1) is 11.0. The molecule has 1 aliphatic rings. The molecule has 0 spiro atoms. The van der Waals surface area contributed by atoms with Crippen molar-refractivity contribution in [3.63, 3.8) is 0 Å². The van der Waals surface area contributed by atoms with Crippen molar-refractivity contribution in [3.8, 4) is 0 Å². The zero-order chi connectivity index (χ0) is 9.68. The van der Waals surface area contributed by atoms with Crippen LogP contribution >= 0.6 is 0 Å². The van der Waals surface area contributed by atoms with Crippen molar-refractivity contribution in [2.45, 2.75) is 38.3 Å². The van der Waals surface area contributed by atoms with Gasteiger partial charge in [0.05, 0.1) is 6.61 Å². The Morgan fingerprint density at radius 1 is 1.62 bits per heavy atom. The zero-order valence-electron chi connectivity index (χ0n) is 8.83. The number of nitrogens with zero attached hydrogens (tertiary/aromatic N) is 1. The molecule has 1 heterocycles. The highest BCUT2D eigenvalue weighted by atomic mass is 16.5. The van der Waals surface area contributed by atoms with Crippen molar-refractivity contribution < 1.29 is 4.74 Å². The summed E-state index contributed by atoms with van der Waals surface area (Å²) < 4.78 is 5.03. The van der Waals surface area contributed by atoms with Gasteiger partial charge >= 0.3 is 0 Å². The largest absolute Gasteiger partial charge is 0.383 e. The van der Waals surface area contributed by atoms with E-state index in [2.05, 4.69) is 11.8 Å². The maximum atomic E-state index is 5.91. The fourth-order valence-corrected chi connectivity index (χ4v) is 2.17. The molecule has 0 bridgehead atoms. The fraction of sp³-hybridized carbons (Fsp3) is 1.00. The van der Waals surface area contributed by atoms with Gasteiger partial charge in [-0.05, 0) is 25.8 Å². The van der Waals surface area contributed by atoms with Gasteiger partial charge < -0.3 is 10.5 Å². The van der Waals surface area contributed by atoms with Crippen LogP contribution in [-0.2, 0) is 4.74 Å². The van der Waals surface area contributed by atoms with Gasteiger partial charge in [0.1, 0.15) is 0 Å². The average Bonchev–Trinajstić information content (AvgIpc) is 2.52. The van der Waals surface area contributed by atoms with Gasteiger partial charge in [0.25, 0.3) is 0 Å². The minimum Gasteiger partial charge on any atom is -0.383 e. The minimum absolute atomic E-state index is 0.178. The van der Waals surface area contributed by atoms with Crippen LogP contribution in [0.4, 0.5) is 0 Å². The van der Waals surface area contributed by atoms with Crippen LogP contribution in [0.5, 0.6) is 0 Å². The second kappa shape index (κ2) is 5.58. The molecule has 0 aromatic carbocycles. The first-order chi connectivity index (χ1) is 6.27. The summed E-state index contributed by atoms with van der Waals surface area (Å²) in [5.74, 6) is 0. The second-order valence-electron chi connectivity index (χ2n) is 3.91. The number of hydrogen-bond acceptors (Lipinski definition) is 3. The molecular formula is C10H22N2O. The summed E-state index contributed by atoms with van der Waals surface area (Å²) in [7, 11) is 1.71. The standard InChI is InChI=1S/C10H22N2O/c1-3-10-5-4-6-12(10)7-9(11)8-13-2/h9-10H,3-8,11H2,1-2H3. The third kappa shape index (κ3) is 3.25. The van der Waals surface area contributed by atoms with Crippen molar-refractivity contribution in [1.29, 1.82) is 0 Å². The van der Waals surface area contributed by atoms with Gasteiger partial charge in [0, 0.05) is 25.7 Å². The lowest BCUT2D eigenvalue weighted by Gasteiger charge is -2.26. The number of likely N-dealkylation sites (tertiary alicyclic amines) is 1. The van der Waals surface area contributed by atoms with E-state index in [0.29, 0.717) is 6.61 Å². The first-order valence-electron chi connectivity index (χ1n) is 5.26. The van der Waals surface area contributed by atoms with E-state index in [0.717, 1.165) is 12.6 Å². The van der Waals surface area contributed by atoms with E-state index in [1.54, 1.807) is 7.11 Å². The fourth-order valence-electron chi connectivity index (χ4n) is 2.17. The van der Waals surface area contributed by atoms with E-state index in [1.165, 1.54) is 25.8 Å². The van der Waals surface area contributed by atoms with Gasteiger partial charge in [0.2, 0.25) is 0 Å². The lowest BCUT2D eigenvalue weighted by Crippen LogP contribution is -2.42. The lowest BCUT2D eigenvalue weighted by atomic mass is 10.1. The van der Waals surface area contributed by atoms with Crippen LogP contribution in [0, 0.1) is 0 Å². The molecule has 1 aliphatic heterocycles. The second-order valence-corrected chi connectivity index (χ2v) is 3.91. The van der Waals surface area contributed by atoms with Crippen molar-refractivity contribution >= 4 is 0 Å². The zero-order valence-corrected chi connectivity index (χ0v) is 8.83. The van der Waals surface area contributed by atoms with E-state index in [4.69, 9.17) is 10.5 Å². The van der Waals surface area contributed by atoms with Crippen LogP contribution in [0.25, 0.3) is 0 Å². The number of rotatable bonds is 5. The Morgan fingerprint density at radius 3 is 3.00 bits per heavy atom. The summed E-state index contributed by atoms with van der Waals surface area (Å²) in [6.45, 7) is 5.14. The Labute approximate surface area is 81.2 Å². The molecule has 3 nitrogen and oxygen atoms in total. The van der Waals surface area contributed by atoms with Crippen molar-refractivity contribution in [3.05, 3.63) is 0 Å². The van der Waals surface area contributed by atoms with Gasteiger partial charge in [-0.25, -0.2) is 0 Å². The third-order valence-electron chi connectivity index (χ3n) is 2.82. The summed E-state index contributed by atoms with van der Waals surface area (Å²) in [6, 6.07) is 0.944. The number of methoxy groups -OCH3 is 1. The van der Waals surface area contributed by atoms with E-state index in [-0.39, 0.29) is 6.04 Å². The van der Waals surface area contributed by atoms with Crippen molar-refractivity contribution in [2.24, 2.45) is 5.73 Å². The normalized spacial score (nSPS) is 26.5. The van der Waals surface area contributed by atoms with Crippen molar-refractivity contribution in [1.82, 2.24) is 4.90 Å². The summed E-state index contributed by atoms with van der Waals surface area (Å²) in [6.07, 6.45) is 3.92. The Bertz CT molecular complexity index is 141. The number of nitrogens with two attached hydrogens (primary N) is 1. The molecule has 0 aromatic heterocycles. The molecule has 0 saturated carbocycles. The summed E-state index contributed by atoms with van der Waals surface area (Å²) in [5.41, 5.74) is 5.91. The van der Waals surface area contributed by atoms with Gasteiger partial charge in [-0.2, -0.15) is 0 Å². The summed E-state index contributed by atoms with van der Waals surface area (Å²) in [4.78, 5) is 2.50. The lowest BCUT2D eigenvalue weighted by molar-refractivity contribution is 0.148. The number of hydrogen-bond donors (Lipinski definition) is 1. The average molecular weight is 186 g/mol. The van der Waals surface area contributed by atoms with Crippen molar-refractivity contribution in [2.75, 3.05) is 26.8 Å². The monoisotopic (exact) mass is 186 g/mol. The summed E-state index contributed by atoms with van der Waals surface area (Å²) >= 11 is 0. The van der Waals surface area contributed by atoms with Crippen LogP contribution in [0.3, 0.4) is 0 Å². The predicted molar refractivity (Wildman–Crippen MR) is 54.7 cm³/mol. The highest BCUT2D eigenvalue weighted by Gasteiger charge is 2.23. The quantitative estimate of drug-likeness (QED) is 0.691. The molecule has 1 rings (SSSR count). The Balaban J connectivity index is 2.26. The van der Waals surface area contributed by atoms with Crippen LogP contribution in [-0.4, -0.2) is 43.8 Å². The van der Waals surface area contributed by atoms with Gasteiger partial charge in [-0.3, -0.25) is 4.90 Å². The van der Waals surface area contributed by atoms with E-state index in [9.17, 15) is 0 Å². The molecule has 1 fully saturated rings. The molecule has 3 heteroatoms. The Kier molecular flexibility index (Phi) is 4.70.